The van der Waals surface area contributed by atoms with Gasteiger partial charge in [-0.15, -0.1) is 0 Å². The van der Waals surface area contributed by atoms with E-state index in [1.54, 1.807) is 12.1 Å². The van der Waals surface area contributed by atoms with E-state index in [4.69, 9.17) is 20.4 Å². The van der Waals surface area contributed by atoms with Crippen LogP contribution in [0.25, 0.3) is 0 Å². The standard InChI is InChI=1S/C5H4N2O.C5H10O5/c8-5-6-3-1-2-4-7-5;6-1-2-3(7)4(8)5(9)10-2/h1-4H;2-9H,1H2/t;2-,3-,4-,5?/m.1/s1. The first-order chi connectivity index (χ1) is 8.56. The van der Waals surface area contributed by atoms with Crippen LogP contribution >= 0.6 is 0 Å². The molecule has 1 aromatic rings. The zero-order valence-electron chi connectivity index (χ0n) is 9.33. The number of rotatable bonds is 1. The summed E-state index contributed by atoms with van der Waals surface area (Å²) in [4.78, 5) is 17.0. The molecule has 1 fully saturated rings. The molecule has 0 aromatic carbocycles. The molecule has 4 N–H and O–H groups in total. The van der Waals surface area contributed by atoms with Gasteiger partial charge in [0.05, 0.1) is 6.61 Å². The predicted molar refractivity (Wildman–Crippen MR) is 58.3 cm³/mol. The molecule has 1 aliphatic heterocycles. The SMILES string of the molecule is O=c1nccccn1.OC[C@H]1OC(O)[C@H](O)[C@@H]1O. The van der Waals surface area contributed by atoms with Crippen LogP contribution in [0.15, 0.2) is 29.3 Å². The number of ether oxygens (including phenoxy) is 1. The summed E-state index contributed by atoms with van der Waals surface area (Å²) in [5.41, 5.74) is -0.449. The van der Waals surface area contributed by atoms with Crippen molar-refractivity contribution in [3.8, 4) is 0 Å². The Labute approximate surface area is 102 Å². The monoisotopic (exact) mass is 258 g/mol. The summed E-state index contributed by atoms with van der Waals surface area (Å²) in [5, 5.41) is 35.0. The van der Waals surface area contributed by atoms with Crippen LogP contribution < -0.4 is 5.69 Å². The van der Waals surface area contributed by atoms with Crippen LogP contribution in [0.4, 0.5) is 0 Å². The molecule has 1 saturated heterocycles. The second kappa shape index (κ2) is 7.09. The van der Waals surface area contributed by atoms with E-state index in [0.717, 1.165) is 0 Å². The van der Waals surface area contributed by atoms with E-state index in [2.05, 4.69) is 14.7 Å². The molecule has 1 unspecified atom stereocenters. The Balaban J connectivity index is 0.000000184. The molecule has 0 amide bonds. The molecule has 100 valence electrons. The first kappa shape index (κ1) is 14.6. The van der Waals surface area contributed by atoms with Gasteiger partial charge >= 0.3 is 5.69 Å². The number of hydrogen-bond donors (Lipinski definition) is 4. The van der Waals surface area contributed by atoms with Crippen molar-refractivity contribution in [3.63, 3.8) is 0 Å². The third kappa shape index (κ3) is 4.09. The molecule has 8 heteroatoms. The van der Waals surface area contributed by atoms with Crippen LogP contribution in [0, 0.1) is 0 Å². The zero-order chi connectivity index (χ0) is 13.5. The molecule has 0 aliphatic carbocycles. The summed E-state index contributed by atoms with van der Waals surface area (Å²) in [7, 11) is 0. The fraction of sp³-hybridized carbons (Fsp3) is 0.500. The normalized spacial score (nSPS) is 30.4. The van der Waals surface area contributed by atoms with E-state index in [-0.39, 0.29) is 0 Å². The lowest BCUT2D eigenvalue weighted by molar-refractivity contribution is -0.132. The van der Waals surface area contributed by atoms with E-state index in [9.17, 15) is 4.79 Å². The van der Waals surface area contributed by atoms with Gasteiger partial charge in [0.2, 0.25) is 0 Å². The first-order valence-corrected chi connectivity index (χ1v) is 5.14. The summed E-state index contributed by atoms with van der Waals surface area (Å²) in [6.45, 7) is -0.407. The highest BCUT2D eigenvalue weighted by molar-refractivity contribution is 4.84. The van der Waals surface area contributed by atoms with E-state index in [1.165, 1.54) is 12.4 Å². The number of aliphatic hydroxyl groups is 4. The lowest BCUT2D eigenvalue weighted by Crippen LogP contribution is -2.33. The molecular weight excluding hydrogens is 244 g/mol. The van der Waals surface area contributed by atoms with E-state index in [1.807, 2.05) is 0 Å². The van der Waals surface area contributed by atoms with Crippen molar-refractivity contribution in [3.05, 3.63) is 35.0 Å². The smallest absolute Gasteiger partial charge is 0.366 e. The molecule has 1 aromatic heterocycles. The average molecular weight is 258 g/mol. The molecule has 0 bridgehead atoms. The van der Waals surface area contributed by atoms with Gasteiger partial charge in [-0.2, -0.15) is 0 Å². The minimum atomic E-state index is -1.38. The molecule has 0 saturated carbocycles. The van der Waals surface area contributed by atoms with Crippen LogP contribution in [-0.4, -0.2) is 61.6 Å². The fourth-order valence-electron chi connectivity index (χ4n) is 1.23. The van der Waals surface area contributed by atoms with Crippen molar-refractivity contribution < 1.29 is 25.2 Å². The van der Waals surface area contributed by atoms with Crippen LogP contribution in [0.5, 0.6) is 0 Å². The Morgan fingerprint density at radius 1 is 1.11 bits per heavy atom. The summed E-state index contributed by atoms with van der Waals surface area (Å²) < 4.78 is 4.54. The molecular formula is C10H14N2O6. The minimum Gasteiger partial charge on any atom is -0.394 e. The van der Waals surface area contributed by atoms with Gasteiger partial charge in [0.1, 0.15) is 18.3 Å². The summed E-state index contributed by atoms with van der Waals surface area (Å²) in [6.07, 6.45) is -1.93. The van der Waals surface area contributed by atoms with Gasteiger partial charge in [0, 0.05) is 12.4 Å². The molecule has 1 aliphatic rings. The molecule has 4 atom stereocenters. The third-order valence-electron chi connectivity index (χ3n) is 2.17. The first-order valence-electron chi connectivity index (χ1n) is 5.14. The second-order valence-corrected chi connectivity index (χ2v) is 3.45. The Morgan fingerprint density at radius 2 is 1.67 bits per heavy atom. The highest BCUT2D eigenvalue weighted by atomic mass is 16.6. The van der Waals surface area contributed by atoms with E-state index in [0.29, 0.717) is 0 Å². The summed E-state index contributed by atoms with van der Waals surface area (Å²) in [6, 6.07) is 3.29. The Hall–Kier alpha value is -1.45. The van der Waals surface area contributed by atoms with E-state index < -0.39 is 36.9 Å². The minimum absolute atomic E-state index is 0.407. The van der Waals surface area contributed by atoms with Crippen molar-refractivity contribution in [2.45, 2.75) is 24.6 Å². The number of aliphatic hydroxyl groups excluding tert-OH is 4. The van der Waals surface area contributed by atoms with Gasteiger partial charge in [-0.05, 0) is 12.1 Å². The largest absolute Gasteiger partial charge is 0.394 e. The lowest BCUT2D eigenvalue weighted by atomic mass is 10.1. The quantitative estimate of drug-likeness (QED) is 0.426. The number of aromatic nitrogens is 2. The van der Waals surface area contributed by atoms with Crippen LogP contribution in [0.2, 0.25) is 0 Å². The highest BCUT2D eigenvalue weighted by Gasteiger charge is 2.41. The second-order valence-electron chi connectivity index (χ2n) is 3.45. The van der Waals surface area contributed by atoms with Crippen molar-refractivity contribution >= 4 is 0 Å². The van der Waals surface area contributed by atoms with Crippen molar-refractivity contribution in [1.82, 2.24) is 9.97 Å². The summed E-state index contributed by atoms with van der Waals surface area (Å²) in [5.74, 6) is 0. The Bertz CT molecular complexity index is 396. The zero-order valence-corrected chi connectivity index (χ0v) is 9.33. The average Bonchev–Trinajstić information content (AvgIpc) is 2.56. The predicted octanol–water partition coefficient (Wildman–Crippen LogP) is -2.75. The van der Waals surface area contributed by atoms with Gasteiger partial charge in [-0.25, -0.2) is 14.8 Å². The fourth-order valence-corrected chi connectivity index (χ4v) is 1.23. The Kier molecular flexibility index (Phi) is 5.75. The highest BCUT2D eigenvalue weighted by Crippen LogP contribution is 2.18. The maximum atomic E-state index is 10.2. The number of hydrogen-bond acceptors (Lipinski definition) is 8. The molecule has 18 heavy (non-hydrogen) atoms. The van der Waals surface area contributed by atoms with Crippen molar-refractivity contribution in [1.29, 1.82) is 0 Å². The van der Waals surface area contributed by atoms with Gasteiger partial charge in [0.15, 0.2) is 6.29 Å². The van der Waals surface area contributed by atoms with Crippen LogP contribution in [-0.2, 0) is 4.74 Å². The van der Waals surface area contributed by atoms with Crippen molar-refractivity contribution in [2.75, 3.05) is 6.61 Å². The maximum Gasteiger partial charge on any atom is 0.366 e. The van der Waals surface area contributed by atoms with E-state index >= 15 is 0 Å². The van der Waals surface area contributed by atoms with Gasteiger partial charge < -0.3 is 25.2 Å². The van der Waals surface area contributed by atoms with Gasteiger partial charge in [-0.1, -0.05) is 0 Å². The van der Waals surface area contributed by atoms with Crippen molar-refractivity contribution in [2.24, 2.45) is 0 Å². The molecule has 0 spiro atoms. The lowest BCUT2D eigenvalue weighted by Gasteiger charge is -2.09. The summed E-state index contributed by atoms with van der Waals surface area (Å²) >= 11 is 0. The molecule has 8 nitrogen and oxygen atoms in total. The topological polar surface area (TPSA) is 133 Å². The molecule has 0 radical (unpaired) electrons. The molecule has 2 rings (SSSR count). The number of nitrogens with zero attached hydrogens (tertiary/aromatic N) is 2. The van der Waals surface area contributed by atoms with Gasteiger partial charge in [-0.3, -0.25) is 0 Å². The third-order valence-corrected chi connectivity index (χ3v) is 2.17. The van der Waals surface area contributed by atoms with Crippen LogP contribution in [0.1, 0.15) is 0 Å². The van der Waals surface area contributed by atoms with Gasteiger partial charge in [0.25, 0.3) is 0 Å². The maximum absolute atomic E-state index is 10.2. The Morgan fingerprint density at radius 3 is 2.00 bits per heavy atom. The van der Waals surface area contributed by atoms with Crippen LogP contribution in [0.3, 0.4) is 0 Å². The molecule has 2 heterocycles.